The molecule has 0 saturated carbocycles. The number of hydrogen-bond acceptors (Lipinski definition) is 4. The summed E-state index contributed by atoms with van der Waals surface area (Å²) in [7, 11) is -3.48. The summed E-state index contributed by atoms with van der Waals surface area (Å²) in [6.07, 6.45) is 0. The monoisotopic (exact) mass is 395 g/mol. The van der Waals surface area contributed by atoms with Gasteiger partial charge in [-0.1, -0.05) is 28.1 Å². The van der Waals surface area contributed by atoms with Gasteiger partial charge in [0.15, 0.2) is 0 Å². The summed E-state index contributed by atoms with van der Waals surface area (Å²) in [6.45, 7) is 3.97. The van der Waals surface area contributed by atoms with Gasteiger partial charge in [0.05, 0.1) is 23.0 Å². The Balaban J connectivity index is 1.84. The van der Waals surface area contributed by atoms with Gasteiger partial charge < -0.3 is 4.74 Å². The molecule has 0 aromatic heterocycles. The van der Waals surface area contributed by atoms with E-state index < -0.39 is 9.84 Å². The zero-order valence-corrected chi connectivity index (χ0v) is 15.0. The molecule has 122 valence electrons. The van der Waals surface area contributed by atoms with Crippen LogP contribution in [0.2, 0.25) is 0 Å². The predicted molar refractivity (Wildman–Crippen MR) is 92.1 cm³/mol. The van der Waals surface area contributed by atoms with Crippen LogP contribution in [-0.2, 0) is 21.1 Å². The van der Waals surface area contributed by atoms with E-state index in [1.807, 2.05) is 12.1 Å². The molecular weight excluding hydrogens is 378 g/mol. The second-order valence-corrected chi connectivity index (χ2v) is 8.36. The lowest BCUT2D eigenvalue weighted by molar-refractivity contribution is 0.0341. The van der Waals surface area contributed by atoms with Gasteiger partial charge >= 0.3 is 0 Å². The molecule has 1 aliphatic heterocycles. The molecule has 0 amide bonds. The Hall–Kier alpha value is -1.21. The lowest BCUT2D eigenvalue weighted by Crippen LogP contribution is -2.35. The average molecular weight is 396 g/mol. The Morgan fingerprint density at radius 2 is 1.70 bits per heavy atom. The van der Waals surface area contributed by atoms with E-state index in [-0.39, 0.29) is 0 Å². The summed E-state index contributed by atoms with van der Waals surface area (Å²) in [5, 5.41) is 0. The minimum absolute atomic E-state index is 0.309. The molecule has 0 atom stereocenters. The number of hydrogen-bond donors (Lipinski definition) is 0. The number of halogens is 1. The van der Waals surface area contributed by atoms with E-state index in [1.165, 1.54) is 0 Å². The zero-order chi connectivity index (χ0) is 16.3. The fraction of sp³-hybridized carbons (Fsp3) is 0.294. The van der Waals surface area contributed by atoms with Crippen LogP contribution in [0.4, 0.5) is 0 Å². The Morgan fingerprint density at radius 1 is 1.00 bits per heavy atom. The van der Waals surface area contributed by atoms with Crippen LogP contribution >= 0.6 is 15.9 Å². The molecule has 0 spiro atoms. The van der Waals surface area contributed by atoms with Gasteiger partial charge in [-0.2, -0.15) is 0 Å². The van der Waals surface area contributed by atoms with Crippen LogP contribution in [0.3, 0.4) is 0 Å². The number of sulfone groups is 1. The molecule has 0 N–H and O–H groups in total. The average Bonchev–Trinajstić information content (AvgIpc) is 2.56. The van der Waals surface area contributed by atoms with Gasteiger partial charge in [-0.25, -0.2) is 8.42 Å². The van der Waals surface area contributed by atoms with Crippen molar-refractivity contribution in [2.75, 3.05) is 26.3 Å². The van der Waals surface area contributed by atoms with Crippen LogP contribution in [0, 0.1) is 0 Å². The van der Waals surface area contributed by atoms with E-state index in [0.717, 1.165) is 42.9 Å². The van der Waals surface area contributed by atoms with Crippen LogP contribution in [0.5, 0.6) is 0 Å². The molecule has 4 nitrogen and oxygen atoms in total. The maximum absolute atomic E-state index is 12.7. The maximum Gasteiger partial charge on any atom is 0.206 e. The summed E-state index contributed by atoms with van der Waals surface area (Å²) in [6, 6.07) is 13.9. The fourth-order valence-electron chi connectivity index (χ4n) is 2.58. The number of morpholine rings is 1. The third kappa shape index (κ3) is 4.01. The molecule has 3 rings (SSSR count). The topological polar surface area (TPSA) is 46.6 Å². The van der Waals surface area contributed by atoms with Crippen LogP contribution in [0.15, 0.2) is 62.8 Å². The third-order valence-corrected chi connectivity index (χ3v) is 6.14. The van der Waals surface area contributed by atoms with Gasteiger partial charge in [0.1, 0.15) is 0 Å². The van der Waals surface area contributed by atoms with E-state index in [1.54, 1.807) is 36.4 Å². The van der Waals surface area contributed by atoms with Crippen molar-refractivity contribution >= 4 is 25.8 Å². The van der Waals surface area contributed by atoms with Crippen LogP contribution in [0.25, 0.3) is 0 Å². The standard InChI is InChI=1S/C17H18BrNO3S/c18-15-4-6-16(7-5-15)23(20,21)17-3-1-2-14(12-17)13-19-8-10-22-11-9-19/h1-7,12H,8-11,13H2. The van der Waals surface area contributed by atoms with Crippen molar-refractivity contribution in [3.8, 4) is 0 Å². The van der Waals surface area contributed by atoms with Crippen molar-refractivity contribution in [1.29, 1.82) is 0 Å². The largest absolute Gasteiger partial charge is 0.379 e. The predicted octanol–water partition coefficient (Wildman–Crippen LogP) is 3.11. The van der Waals surface area contributed by atoms with Crippen LogP contribution in [-0.4, -0.2) is 39.6 Å². The van der Waals surface area contributed by atoms with Crippen molar-refractivity contribution in [2.45, 2.75) is 16.3 Å². The zero-order valence-electron chi connectivity index (χ0n) is 12.6. The first kappa shape index (κ1) is 16.6. The number of ether oxygens (including phenoxy) is 1. The molecule has 0 aliphatic carbocycles. The second kappa shape index (κ2) is 7.13. The van der Waals surface area contributed by atoms with Crippen molar-refractivity contribution < 1.29 is 13.2 Å². The fourth-order valence-corrected chi connectivity index (χ4v) is 4.17. The maximum atomic E-state index is 12.7. The number of benzene rings is 2. The summed E-state index contributed by atoms with van der Waals surface area (Å²) in [4.78, 5) is 2.92. The number of rotatable bonds is 4. The van der Waals surface area contributed by atoms with Crippen molar-refractivity contribution in [2.24, 2.45) is 0 Å². The minimum atomic E-state index is -3.48. The molecule has 1 aliphatic rings. The molecule has 0 unspecified atom stereocenters. The van der Waals surface area contributed by atoms with Gasteiger partial charge in [-0.05, 0) is 42.0 Å². The van der Waals surface area contributed by atoms with Gasteiger partial charge in [-0.15, -0.1) is 0 Å². The van der Waals surface area contributed by atoms with Crippen molar-refractivity contribution in [3.63, 3.8) is 0 Å². The van der Waals surface area contributed by atoms with Gasteiger partial charge in [0.25, 0.3) is 0 Å². The highest BCUT2D eigenvalue weighted by Crippen LogP contribution is 2.23. The van der Waals surface area contributed by atoms with E-state index in [4.69, 9.17) is 4.74 Å². The van der Waals surface area contributed by atoms with Crippen LogP contribution < -0.4 is 0 Å². The van der Waals surface area contributed by atoms with E-state index in [0.29, 0.717) is 9.79 Å². The second-order valence-electron chi connectivity index (χ2n) is 5.49. The van der Waals surface area contributed by atoms with Gasteiger partial charge in [-0.3, -0.25) is 4.90 Å². The molecule has 1 fully saturated rings. The quantitative estimate of drug-likeness (QED) is 0.797. The minimum Gasteiger partial charge on any atom is -0.379 e. The van der Waals surface area contributed by atoms with Crippen molar-refractivity contribution in [1.82, 2.24) is 4.90 Å². The highest BCUT2D eigenvalue weighted by Gasteiger charge is 2.18. The summed E-state index contributed by atoms with van der Waals surface area (Å²) >= 11 is 3.32. The molecular formula is C17H18BrNO3S. The molecule has 2 aromatic carbocycles. The van der Waals surface area contributed by atoms with Gasteiger partial charge in [0, 0.05) is 24.1 Å². The molecule has 6 heteroatoms. The molecule has 1 heterocycles. The lowest BCUT2D eigenvalue weighted by atomic mass is 10.2. The molecule has 0 radical (unpaired) electrons. The first-order valence-corrected chi connectivity index (χ1v) is 9.73. The Labute approximate surface area is 145 Å². The number of nitrogens with zero attached hydrogens (tertiary/aromatic N) is 1. The smallest absolute Gasteiger partial charge is 0.206 e. The van der Waals surface area contributed by atoms with E-state index in [2.05, 4.69) is 20.8 Å². The first-order chi connectivity index (χ1) is 11.1. The Kier molecular flexibility index (Phi) is 5.16. The molecule has 23 heavy (non-hydrogen) atoms. The lowest BCUT2D eigenvalue weighted by Gasteiger charge is -2.26. The normalized spacial score (nSPS) is 16.4. The SMILES string of the molecule is O=S(=O)(c1ccc(Br)cc1)c1cccc(CN2CCOCC2)c1. The summed E-state index contributed by atoms with van der Waals surface area (Å²) < 4.78 is 31.7. The molecule has 1 saturated heterocycles. The van der Waals surface area contributed by atoms with Gasteiger partial charge in [0.2, 0.25) is 9.84 Å². The van der Waals surface area contributed by atoms with Crippen LogP contribution in [0.1, 0.15) is 5.56 Å². The Bertz CT molecular complexity index is 769. The first-order valence-electron chi connectivity index (χ1n) is 7.45. The van der Waals surface area contributed by atoms with E-state index in [9.17, 15) is 8.42 Å². The third-order valence-electron chi connectivity index (χ3n) is 3.84. The summed E-state index contributed by atoms with van der Waals surface area (Å²) in [5.41, 5.74) is 1.00. The highest BCUT2D eigenvalue weighted by molar-refractivity contribution is 9.10. The van der Waals surface area contributed by atoms with E-state index >= 15 is 0 Å². The highest BCUT2D eigenvalue weighted by atomic mass is 79.9. The molecule has 2 aromatic rings. The Morgan fingerprint density at radius 3 is 2.39 bits per heavy atom. The van der Waals surface area contributed by atoms with Crippen molar-refractivity contribution in [3.05, 3.63) is 58.6 Å². The molecule has 0 bridgehead atoms. The summed E-state index contributed by atoms with van der Waals surface area (Å²) in [5.74, 6) is 0.